The molecule has 1 saturated heterocycles. The van der Waals surface area contributed by atoms with E-state index in [9.17, 15) is 19.5 Å². The highest BCUT2D eigenvalue weighted by atomic mass is 16.4. The number of amides is 2. The number of nitrogens with one attached hydrogen (secondary N) is 2. The molecule has 1 heterocycles. The summed E-state index contributed by atoms with van der Waals surface area (Å²) in [5.41, 5.74) is 3.00. The molecule has 8 heteroatoms. The molecular formula is C28H30N4O4. The zero-order valence-electron chi connectivity index (χ0n) is 20.5. The quantitative estimate of drug-likeness (QED) is 0.479. The minimum absolute atomic E-state index is 0.0371. The summed E-state index contributed by atoms with van der Waals surface area (Å²) in [7, 11) is 2.11. The number of carbonyl (C=O) groups excluding carboxylic acids is 2. The van der Waals surface area contributed by atoms with Crippen LogP contribution >= 0.6 is 0 Å². The molecule has 186 valence electrons. The van der Waals surface area contributed by atoms with Crippen LogP contribution in [-0.4, -0.2) is 61.0 Å². The molecule has 2 amide bonds. The average molecular weight is 487 g/mol. The Morgan fingerprint density at radius 1 is 0.778 bits per heavy atom. The first-order chi connectivity index (χ1) is 17.3. The van der Waals surface area contributed by atoms with Gasteiger partial charge in [0.2, 0.25) is 0 Å². The Morgan fingerprint density at radius 3 is 2.08 bits per heavy atom. The standard InChI is InChI=1S/C28H30N4O4/c1-19-7-9-20(10-8-19)26(33)29-24-6-3-5-23(28(35)36)25(24)30-27(34)21-11-13-22(14-12-21)32-16-4-15-31(2)17-18-32/h3,5-14H,4,15-18H2,1-2H3,(H,29,33)(H,30,34)(H,35,36). The van der Waals surface area contributed by atoms with Crippen LogP contribution in [0.4, 0.5) is 17.1 Å². The average Bonchev–Trinajstić information content (AvgIpc) is 3.09. The van der Waals surface area contributed by atoms with Gasteiger partial charge in [-0.1, -0.05) is 23.8 Å². The van der Waals surface area contributed by atoms with Gasteiger partial charge in [-0.2, -0.15) is 0 Å². The summed E-state index contributed by atoms with van der Waals surface area (Å²) < 4.78 is 0. The molecule has 0 aromatic heterocycles. The van der Waals surface area contributed by atoms with Crippen LogP contribution in [0.1, 0.15) is 43.1 Å². The second-order valence-electron chi connectivity index (χ2n) is 9.00. The third-order valence-corrected chi connectivity index (χ3v) is 6.31. The molecule has 1 aliphatic heterocycles. The molecule has 3 N–H and O–H groups in total. The van der Waals surface area contributed by atoms with E-state index in [0.717, 1.165) is 43.9 Å². The number of carboxylic acid groups (broad SMARTS) is 1. The molecule has 4 rings (SSSR count). The summed E-state index contributed by atoms with van der Waals surface area (Å²) in [6.45, 7) is 5.82. The van der Waals surface area contributed by atoms with Crippen LogP contribution < -0.4 is 15.5 Å². The SMILES string of the molecule is Cc1ccc(C(=O)Nc2cccc(C(=O)O)c2NC(=O)c2ccc(N3CCCN(C)CC3)cc2)cc1. The summed E-state index contributed by atoms with van der Waals surface area (Å²) in [6, 6.07) is 18.8. The summed E-state index contributed by atoms with van der Waals surface area (Å²) in [5.74, 6) is -2.07. The van der Waals surface area contributed by atoms with Crippen molar-refractivity contribution in [3.05, 3.63) is 89.0 Å². The molecule has 0 radical (unpaired) electrons. The van der Waals surface area contributed by atoms with Crippen molar-refractivity contribution in [1.29, 1.82) is 0 Å². The Hall–Kier alpha value is -4.17. The molecule has 0 aliphatic carbocycles. The number of hydrogen-bond donors (Lipinski definition) is 3. The van der Waals surface area contributed by atoms with Crippen molar-refractivity contribution in [2.45, 2.75) is 13.3 Å². The Kier molecular flexibility index (Phi) is 7.65. The predicted octanol–water partition coefficient (Wildman–Crippen LogP) is 4.34. The van der Waals surface area contributed by atoms with Crippen molar-refractivity contribution in [1.82, 2.24) is 4.90 Å². The molecule has 0 atom stereocenters. The van der Waals surface area contributed by atoms with Crippen LogP contribution in [0.15, 0.2) is 66.7 Å². The fourth-order valence-corrected chi connectivity index (χ4v) is 4.18. The summed E-state index contributed by atoms with van der Waals surface area (Å²) in [4.78, 5) is 42.3. The van der Waals surface area contributed by atoms with Gasteiger partial charge in [0.15, 0.2) is 0 Å². The number of anilines is 3. The molecule has 36 heavy (non-hydrogen) atoms. The zero-order chi connectivity index (χ0) is 25.7. The maximum Gasteiger partial charge on any atom is 0.337 e. The van der Waals surface area contributed by atoms with E-state index in [-0.39, 0.29) is 16.9 Å². The van der Waals surface area contributed by atoms with Crippen molar-refractivity contribution in [2.24, 2.45) is 0 Å². The van der Waals surface area contributed by atoms with Crippen LogP contribution in [0.2, 0.25) is 0 Å². The zero-order valence-corrected chi connectivity index (χ0v) is 20.5. The smallest absolute Gasteiger partial charge is 0.337 e. The van der Waals surface area contributed by atoms with E-state index in [1.165, 1.54) is 12.1 Å². The lowest BCUT2D eigenvalue weighted by Gasteiger charge is -2.23. The molecule has 1 aliphatic rings. The number of benzene rings is 3. The summed E-state index contributed by atoms with van der Waals surface area (Å²) in [5, 5.41) is 15.1. The van der Waals surface area contributed by atoms with Gasteiger partial charge in [0.25, 0.3) is 11.8 Å². The van der Waals surface area contributed by atoms with Crippen molar-refractivity contribution < 1.29 is 19.5 Å². The number of likely N-dealkylation sites (N-methyl/N-ethyl adjacent to an activating group) is 1. The van der Waals surface area contributed by atoms with Gasteiger partial charge in [0.05, 0.1) is 16.9 Å². The lowest BCUT2D eigenvalue weighted by Crippen LogP contribution is -2.28. The minimum atomic E-state index is -1.21. The van der Waals surface area contributed by atoms with Crippen LogP contribution in [-0.2, 0) is 0 Å². The highest BCUT2D eigenvalue weighted by Gasteiger charge is 2.20. The van der Waals surface area contributed by atoms with E-state index < -0.39 is 17.8 Å². The maximum atomic E-state index is 13.1. The number of rotatable bonds is 6. The normalized spacial score (nSPS) is 14.1. The van der Waals surface area contributed by atoms with Gasteiger partial charge in [-0.3, -0.25) is 9.59 Å². The summed E-state index contributed by atoms with van der Waals surface area (Å²) >= 11 is 0. The van der Waals surface area contributed by atoms with Crippen molar-refractivity contribution in [3.63, 3.8) is 0 Å². The highest BCUT2D eigenvalue weighted by molar-refractivity contribution is 6.13. The minimum Gasteiger partial charge on any atom is -0.478 e. The first kappa shape index (κ1) is 24.9. The Morgan fingerprint density at radius 2 is 1.42 bits per heavy atom. The molecular weight excluding hydrogens is 456 g/mol. The number of carbonyl (C=O) groups is 3. The number of nitrogens with zero attached hydrogens (tertiary/aromatic N) is 2. The molecule has 0 bridgehead atoms. The topological polar surface area (TPSA) is 102 Å². The van der Waals surface area contributed by atoms with Gasteiger partial charge in [0.1, 0.15) is 0 Å². The van der Waals surface area contributed by atoms with E-state index in [1.807, 2.05) is 31.2 Å². The fourth-order valence-electron chi connectivity index (χ4n) is 4.18. The van der Waals surface area contributed by atoms with Crippen molar-refractivity contribution >= 4 is 34.8 Å². The molecule has 0 unspecified atom stereocenters. The second kappa shape index (κ2) is 11.0. The molecule has 0 spiro atoms. The third-order valence-electron chi connectivity index (χ3n) is 6.31. The maximum absolute atomic E-state index is 13.1. The summed E-state index contributed by atoms with van der Waals surface area (Å²) in [6.07, 6.45) is 1.07. The van der Waals surface area contributed by atoms with Gasteiger partial charge in [-0.05, 0) is 75.5 Å². The first-order valence-electron chi connectivity index (χ1n) is 11.9. The lowest BCUT2D eigenvalue weighted by molar-refractivity contribution is 0.0697. The number of para-hydroxylation sites is 1. The predicted molar refractivity (Wildman–Crippen MR) is 141 cm³/mol. The van der Waals surface area contributed by atoms with Gasteiger partial charge in [-0.25, -0.2) is 4.79 Å². The monoisotopic (exact) mass is 486 g/mol. The van der Waals surface area contributed by atoms with Crippen LogP contribution in [0, 0.1) is 6.92 Å². The number of aryl methyl sites for hydroxylation is 1. The van der Waals surface area contributed by atoms with Crippen LogP contribution in [0.3, 0.4) is 0 Å². The number of carboxylic acids is 1. The van der Waals surface area contributed by atoms with E-state index >= 15 is 0 Å². The Balaban J connectivity index is 1.54. The van der Waals surface area contributed by atoms with Crippen molar-refractivity contribution in [3.8, 4) is 0 Å². The highest BCUT2D eigenvalue weighted by Crippen LogP contribution is 2.28. The molecule has 0 saturated carbocycles. The van der Waals surface area contributed by atoms with E-state index in [2.05, 4.69) is 27.5 Å². The molecule has 3 aromatic rings. The lowest BCUT2D eigenvalue weighted by atomic mass is 10.1. The fraction of sp³-hybridized carbons (Fsp3) is 0.250. The van der Waals surface area contributed by atoms with Crippen LogP contribution in [0.5, 0.6) is 0 Å². The number of aromatic carboxylic acids is 1. The van der Waals surface area contributed by atoms with E-state index in [1.54, 1.807) is 30.3 Å². The van der Waals surface area contributed by atoms with Gasteiger partial charge < -0.3 is 25.5 Å². The first-order valence-corrected chi connectivity index (χ1v) is 11.9. The Labute approximate surface area is 210 Å². The van der Waals surface area contributed by atoms with Crippen LogP contribution in [0.25, 0.3) is 0 Å². The molecule has 8 nitrogen and oxygen atoms in total. The second-order valence-corrected chi connectivity index (χ2v) is 9.00. The van der Waals surface area contributed by atoms with E-state index in [0.29, 0.717) is 11.1 Å². The third kappa shape index (κ3) is 5.90. The molecule has 3 aromatic carbocycles. The Bertz CT molecular complexity index is 1260. The van der Waals surface area contributed by atoms with Gasteiger partial charge >= 0.3 is 5.97 Å². The van der Waals surface area contributed by atoms with Crippen molar-refractivity contribution in [2.75, 3.05) is 48.8 Å². The van der Waals surface area contributed by atoms with Gasteiger partial charge in [0, 0.05) is 36.4 Å². The molecule has 1 fully saturated rings. The number of hydrogen-bond acceptors (Lipinski definition) is 5. The largest absolute Gasteiger partial charge is 0.478 e. The van der Waals surface area contributed by atoms with E-state index in [4.69, 9.17) is 0 Å². The van der Waals surface area contributed by atoms with Gasteiger partial charge in [-0.15, -0.1) is 0 Å².